The van der Waals surface area contributed by atoms with Crippen LogP contribution in [0.1, 0.15) is 37.4 Å². The largest absolute Gasteiger partial charge is 0.465 e. The molecule has 0 saturated heterocycles. The number of fused-ring (bicyclic) bond motifs is 1. The number of methoxy groups -OCH3 is 1. The van der Waals surface area contributed by atoms with Gasteiger partial charge in [-0.1, -0.05) is 42.5 Å². The van der Waals surface area contributed by atoms with Crippen LogP contribution in [-0.2, 0) is 24.2 Å². The van der Waals surface area contributed by atoms with Gasteiger partial charge in [0.25, 0.3) is 11.5 Å². The molecule has 6 heteroatoms. The van der Waals surface area contributed by atoms with Crippen LogP contribution in [0, 0.1) is 0 Å². The average Bonchev–Trinajstić information content (AvgIpc) is 2.79. The smallest absolute Gasteiger partial charge is 0.338 e. The Balaban J connectivity index is 1.60. The third-order valence-corrected chi connectivity index (χ3v) is 5.36. The first kappa shape index (κ1) is 19.6. The maximum absolute atomic E-state index is 13.1. The Morgan fingerprint density at radius 3 is 2.40 bits per heavy atom. The zero-order valence-corrected chi connectivity index (χ0v) is 16.7. The first-order chi connectivity index (χ1) is 14.6. The van der Waals surface area contributed by atoms with Gasteiger partial charge in [0.2, 0.25) is 0 Å². The number of amides is 1. The molecule has 0 unspecified atom stereocenters. The van der Waals surface area contributed by atoms with Gasteiger partial charge in [0.05, 0.1) is 24.8 Å². The molecule has 0 saturated carbocycles. The second-order valence-electron chi connectivity index (χ2n) is 7.29. The minimum absolute atomic E-state index is 0.0478. The van der Waals surface area contributed by atoms with E-state index in [9.17, 15) is 14.4 Å². The van der Waals surface area contributed by atoms with Crippen molar-refractivity contribution in [3.8, 4) is 0 Å². The van der Waals surface area contributed by atoms with E-state index < -0.39 is 5.97 Å². The maximum atomic E-state index is 13.1. The molecule has 1 aliphatic heterocycles. The molecule has 2 heterocycles. The second-order valence-corrected chi connectivity index (χ2v) is 7.29. The predicted molar refractivity (Wildman–Crippen MR) is 112 cm³/mol. The molecule has 152 valence electrons. The van der Waals surface area contributed by atoms with Crippen LogP contribution in [0.2, 0.25) is 0 Å². The van der Waals surface area contributed by atoms with E-state index in [0.717, 1.165) is 16.7 Å². The van der Waals surface area contributed by atoms with Crippen LogP contribution < -0.4 is 5.56 Å². The normalized spacial score (nSPS) is 12.9. The average molecular weight is 402 g/mol. The van der Waals surface area contributed by atoms with Crippen LogP contribution in [0.25, 0.3) is 0 Å². The van der Waals surface area contributed by atoms with Crippen molar-refractivity contribution in [1.29, 1.82) is 0 Å². The number of nitrogens with zero attached hydrogens (tertiary/aromatic N) is 2. The number of hydrogen-bond acceptors (Lipinski definition) is 4. The number of benzene rings is 2. The fourth-order valence-electron chi connectivity index (χ4n) is 3.78. The van der Waals surface area contributed by atoms with E-state index in [1.54, 1.807) is 39.8 Å². The van der Waals surface area contributed by atoms with Crippen molar-refractivity contribution in [3.63, 3.8) is 0 Å². The van der Waals surface area contributed by atoms with Crippen molar-refractivity contribution < 1.29 is 14.3 Å². The van der Waals surface area contributed by atoms with Gasteiger partial charge in [0, 0.05) is 25.4 Å². The highest BCUT2D eigenvalue weighted by Crippen LogP contribution is 2.21. The van der Waals surface area contributed by atoms with Crippen LogP contribution in [0.3, 0.4) is 0 Å². The topological polar surface area (TPSA) is 68.6 Å². The molecule has 0 N–H and O–H groups in total. The van der Waals surface area contributed by atoms with Crippen molar-refractivity contribution >= 4 is 11.9 Å². The molecule has 1 amide bonds. The Kier molecular flexibility index (Phi) is 5.48. The zero-order valence-electron chi connectivity index (χ0n) is 16.7. The van der Waals surface area contributed by atoms with Crippen molar-refractivity contribution in [3.05, 3.63) is 105 Å². The van der Waals surface area contributed by atoms with E-state index in [1.165, 1.54) is 7.11 Å². The van der Waals surface area contributed by atoms with Gasteiger partial charge in [0.1, 0.15) is 0 Å². The number of aromatic nitrogens is 1. The standard InChI is InChI=1S/C24H22N2O4/c1-30-24(29)21-10-6-5-9-20(21)23(28)25-12-11-18-13-22(27)26(16-19(18)15-25)14-17-7-3-2-4-8-17/h2-10,13,16H,11-12,14-15H2,1H3. The number of rotatable bonds is 4. The Morgan fingerprint density at radius 1 is 0.967 bits per heavy atom. The lowest BCUT2D eigenvalue weighted by molar-refractivity contribution is 0.0588. The highest BCUT2D eigenvalue weighted by molar-refractivity contribution is 6.05. The lowest BCUT2D eigenvalue weighted by Crippen LogP contribution is -2.38. The summed E-state index contributed by atoms with van der Waals surface area (Å²) in [5, 5.41) is 0. The van der Waals surface area contributed by atoms with E-state index in [2.05, 4.69) is 0 Å². The van der Waals surface area contributed by atoms with Crippen molar-refractivity contribution in [1.82, 2.24) is 9.47 Å². The quantitative estimate of drug-likeness (QED) is 0.630. The molecule has 0 spiro atoms. The fourth-order valence-corrected chi connectivity index (χ4v) is 3.78. The van der Waals surface area contributed by atoms with Gasteiger partial charge in [-0.15, -0.1) is 0 Å². The Morgan fingerprint density at radius 2 is 1.67 bits per heavy atom. The summed E-state index contributed by atoms with van der Waals surface area (Å²) in [5.41, 5.74) is 3.48. The van der Waals surface area contributed by atoms with Crippen LogP contribution in [0.5, 0.6) is 0 Å². The molecular weight excluding hydrogens is 380 g/mol. The van der Waals surface area contributed by atoms with Crippen molar-refractivity contribution in [2.24, 2.45) is 0 Å². The van der Waals surface area contributed by atoms with Crippen LogP contribution >= 0.6 is 0 Å². The number of ether oxygens (including phenoxy) is 1. The summed E-state index contributed by atoms with van der Waals surface area (Å²) in [6.45, 7) is 1.36. The highest BCUT2D eigenvalue weighted by Gasteiger charge is 2.26. The number of carbonyl (C=O) groups excluding carboxylic acids is 2. The molecule has 2 aromatic carbocycles. The van der Waals surface area contributed by atoms with Crippen LogP contribution in [-0.4, -0.2) is 35.0 Å². The van der Waals surface area contributed by atoms with Crippen molar-refractivity contribution in [2.45, 2.75) is 19.5 Å². The third-order valence-electron chi connectivity index (χ3n) is 5.36. The summed E-state index contributed by atoms with van der Waals surface area (Å²) in [6.07, 6.45) is 2.44. The summed E-state index contributed by atoms with van der Waals surface area (Å²) in [7, 11) is 1.30. The number of carbonyl (C=O) groups is 2. The van der Waals surface area contributed by atoms with E-state index in [0.29, 0.717) is 31.6 Å². The lowest BCUT2D eigenvalue weighted by Gasteiger charge is -2.29. The first-order valence-corrected chi connectivity index (χ1v) is 9.79. The van der Waals surface area contributed by atoms with Crippen LogP contribution in [0.15, 0.2) is 71.7 Å². The Bertz CT molecular complexity index is 1150. The molecule has 1 aromatic heterocycles. The molecular formula is C24H22N2O4. The molecule has 0 atom stereocenters. The molecule has 0 radical (unpaired) electrons. The number of hydrogen-bond donors (Lipinski definition) is 0. The fraction of sp³-hybridized carbons (Fsp3) is 0.208. The third kappa shape index (κ3) is 3.89. The highest BCUT2D eigenvalue weighted by atomic mass is 16.5. The van der Waals surface area contributed by atoms with E-state index in [4.69, 9.17) is 4.74 Å². The van der Waals surface area contributed by atoms with E-state index in [-0.39, 0.29) is 17.0 Å². The van der Waals surface area contributed by atoms with E-state index >= 15 is 0 Å². The molecule has 30 heavy (non-hydrogen) atoms. The number of pyridine rings is 1. The molecule has 0 aliphatic carbocycles. The maximum Gasteiger partial charge on any atom is 0.338 e. The zero-order chi connectivity index (χ0) is 21.1. The monoisotopic (exact) mass is 402 g/mol. The van der Waals surface area contributed by atoms with Gasteiger partial charge < -0.3 is 14.2 Å². The predicted octanol–water partition coefficient (Wildman–Crippen LogP) is 2.88. The summed E-state index contributed by atoms with van der Waals surface area (Å²) in [5.74, 6) is -0.754. The summed E-state index contributed by atoms with van der Waals surface area (Å²) in [4.78, 5) is 39.4. The van der Waals surface area contributed by atoms with Gasteiger partial charge in [-0.05, 0) is 35.2 Å². The lowest BCUT2D eigenvalue weighted by atomic mass is 9.99. The molecule has 3 aromatic rings. The second kappa shape index (κ2) is 8.37. The van der Waals surface area contributed by atoms with Gasteiger partial charge in [0.15, 0.2) is 0 Å². The SMILES string of the molecule is COC(=O)c1ccccc1C(=O)N1CCc2cc(=O)n(Cc3ccccc3)cc2C1. The van der Waals surface area contributed by atoms with Gasteiger partial charge >= 0.3 is 5.97 Å². The first-order valence-electron chi connectivity index (χ1n) is 9.79. The van der Waals surface area contributed by atoms with E-state index in [1.807, 2.05) is 36.5 Å². The summed E-state index contributed by atoms with van der Waals surface area (Å²) < 4.78 is 6.48. The Hall–Kier alpha value is -3.67. The molecule has 4 rings (SSSR count). The van der Waals surface area contributed by atoms with Gasteiger partial charge in [-0.3, -0.25) is 9.59 Å². The summed E-state index contributed by atoms with van der Waals surface area (Å²) >= 11 is 0. The van der Waals surface area contributed by atoms with Gasteiger partial charge in [-0.25, -0.2) is 4.79 Å². The Labute approximate surface area is 174 Å². The molecule has 1 aliphatic rings. The van der Waals surface area contributed by atoms with Crippen LogP contribution in [0.4, 0.5) is 0 Å². The summed E-state index contributed by atoms with van der Waals surface area (Å²) in [6, 6.07) is 18.1. The van der Waals surface area contributed by atoms with Gasteiger partial charge in [-0.2, -0.15) is 0 Å². The van der Waals surface area contributed by atoms with Crippen molar-refractivity contribution in [2.75, 3.05) is 13.7 Å². The molecule has 0 bridgehead atoms. The minimum atomic E-state index is -0.534. The minimum Gasteiger partial charge on any atom is -0.465 e. The number of esters is 1. The molecule has 0 fully saturated rings. The molecule has 6 nitrogen and oxygen atoms in total.